The number of hydrogen-bond donors (Lipinski definition) is 1. The molecular weight excluding hydrogens is 396 g/mol. The predicted octanol–water partition coefficient (Wildman–Crippen LogP) is 4.87. The van der Waals surface area contributed by atoms with E-state index in [1.165, 1.54) is 0 Å². The Labute approximate surface area is 153 Å². The molecule has 0 unspecified atom stereocenters. The molecule has 23 heavy (non-hydrogen) atoms. The number of thiocarbonyl (C=S) groups is 1. The SMILES string of the molecule is N#C/C(=C\c1cc(Br)ccc1OCc1ccc(Cl)cc1)C(N)=S. The van der Waals surface area contributed by atoms with Gasteiger partial charge in [-0.1, -0.05) is 51.9 Å². The highest BCUT2D eigenvalue weighted by Gasteiger charge is 2.07. The van der Waals surface area contributed by atoms with Crippen LogP contribution in [0.2, 0.25) is 5.02 Å². The van der Waals surface area contributed by atoms with Crippen LogP contribution in [-0.2, 0) is 6.61 Å². The Morgan fingerprint density at radius 1 is 1.30 bits per heavy atom. The largest absolute Gasteiger partial charge is 0.488 e. The quantitative estimate of drug-likeness (QED) is 0.436. The molecule has 6 heteroatoms. The number of ether oxygens (including phenoxy) is 1. The molecule has 0 radical (unpaired) electrons. The fraction of sp³-hybridized carbons (Fsp3) is 0.0588. The minimum Gasteiger partial charge on any atom is -0.488 e. The predicted molar refractivity (Wildman–Crippen MR) is 100 cm³/mol. The van der Waals surface area contributed by atoms with Crippen molar-refractivity contribution in [1.29, 1.82) is 5.26 Å². The summed E-state index contributed by atoms with van der Waals surface area (Å²) >= 11 is 14.1. The van der Waals surface area contributed by atoms with E-state index >= 15 is 0 Å². The highest BCUT2D eigenvalue weighted by atomic mass is 79.9. The zero-order valence-corrected chi connectivity index (χ0v) is 15.1. The summed E-state index contributed by atoms with van der Waals surface area (Å²) < 4.78 is 6.70. The number of hydrogen-bond acceptors (Lipinski definition) is 3. The summed E-state index contributed by atoms with van der Waals surface area (Å²) in [5.41, 5.74) is 7.48. The fourth-order valence-corrected chi connectivity index (χ4v) is 2.43. The maximum absolute atomic E-state index is 9.10. The van der Waals surface area contributed by atoms with Crippen LogP contribution < -0.4 is 10.5 Å². The second-order valence-electron chi connectivity index (χ2n) is 4.63. The van der Waals surface area contributed by atoms with Crippen LogP contribution in [-0.4, -0.2) is 4.99 Å². The second kappa shape index (κ2) is 8.11. The van der Waals surface area contributed by atoms with E-state index in [1.807, 2.05) is 48.5 Å². The first kappa shape index (κ1) is 17.5. The Balaban J connectivity index is 2.27. The lowest BCUT2D eigenvalue weighted by atomic mass is 10.1. The smallest absolute Gasteiger partial charge is 0.127 e. The molecule has 0 aromatic heterocycles. The summed E-state index contributed by atoms with van der Waals surface area (Å²) in [6.07, 6.45) is 1.62. The number of benzene rings is 2. The van der Waals surface area contributed by atoms with Crippen LogP contribution >= 0.6 is 39.7 Å². The van der Waals surface area contributed by atoms with Gasteiger partial charge in [0.2, 0.25) is 0 Å². The third-order valence-electron chi connectivity index (χ3n) is 2.97. The topological polar surface area (TPSA) is 59.0 Å². The van der Waals surface area contributed by atoms with Gasteiger partial charge in [-0.15, -0.1) is 0 Å². The summed E-state index contributed by atoms with van der Waals surface area (Å²) in [5, 5.41) is 9.78. The Morgan fingerprint density at radius 3 is 2.61 bits per heavy atom. The van der Waals surface area contributed by atoms with Gasteiger partial charge in [0.1, 0.15) is 23.4 Å². The van der Waals surface area contributed by atoms with Gasteiger partial charge < -0.3 is 10.5 Å². The standard InChI is InChI=1S/C17H12BrClN2OS/c18-14-3-6-16(12(8-14)7-13(9-20)17(21)23)22-10-11-1-4-15(19)5-2-11/h1-8H,10H2,(H2,21,23)/b13-7+. The Bertz CT molecular complexity index is 797. The summed E-state index contributed by atoms with van der Waals surface area (Å²) in [7, 11) is 0. The van der Waals surface area contributed by atoms with Crippen molar-refractivity contribution < 1.29 is 4.74 Å². The van der Waals surface area contributed by atoms with E-state index in [0.29, 0.717) is 17.4 Å². The molecule has 0 aliphatic carbocycles. The first-order valence-electron chi connectivity index (χ1n) is 6.58. The zero-order chi connectivity index (χ0) is 16.8. The van der Waals surface area contributed by atoms with Crippen molar-refractivity contribution in [3.63, 3.8) is 0 Å². The van der Waals surface area contributed by atoms with E-state index in [4.69, 9.17) is 39.6 Å². The zero-order valence-electron chi connectivity index (χ0n) is 11.9. The molecule has 0 bridgehead atoms. The normalized spacial score (nSPS) is 10.9. The highest BCUT2D eigenvalue weighted by molar-refractivity contribution is 9.10. The molecule has 0 aliphatic heterocycles. The Morgan fingerprint density at radius 2 is 2.00 bits per heavy atom. The van der Waals surface area contributed by atoms with Crippen LogP contribution in [0.15, 0.2) is 52.5 Å². The third-order valence-corrected chi connectivity index (χ3v) is 3.93. The monoisotopic (exact) mass is 406 g/mol. The van der Waals surface area contributed by atoms with E-state index in [2.05, 4.69) is 15.9 Å². The lowest BCUT2D eigenvalue weighted by Gasteiger charge is -2.10. The van der Waals surface area contributed by atoms with E-state index in [0.717, 1.165) is 15.6 Å². The van der Waals surface area contributed by atoms with Crippen LogP contribution in [0.3, 0.4) is 0 Å². The van der Waals surface area contributed by atoms with Crippen molar-refractivity contribution in [3.8, 4) is 11.8 Å². The molecule has 0 heterocycles. The number of halogens is 2. The van der Waals surface area contributed by atoms with Gasteiger partial charge in [-0.25, -0.2) is 0 Å². The maximum Gasteiger partial charge on any atom is 0.127 e. The molecule has 0 saturated heterocycles. The lowest BCUT2D eigenvalue weighted by Crippen LogP contribution is -2.09. The average molecular weight is 408 g/mol. The van der Waals surface area contributed by atoms with Gasteiger partial charge in [0.25, 0.3) is 0 Å². The first-order valence-corrected chi connectivity index (χ1v) is 8.16. The van der Waals surface area contributed by atoms with Gasteiger partial charge in [0.15, 0.2) is 0 Å². The number of nitriles is 1. The van der Waals surface area contributed by atoms with Crippen molar-refractivity contribution >= 4 is 50.8 Å². The van der Waals surface area contributed by atoms with E-state index < -0.39 is 0 Å². The minimum absolute atomic E-state index is 0.0520. The van der Waals surface area contributed by atoms with Gasteiger partial charge in [-0.2, -0.15) is 5.26 Å². The van der Waals surface area contributed by atoms with Crippen LogP contribution in [0, 0.1) is 11.3 Å². The molecule has 2 aromatic carbocycles. The van der Waals surface area contributed by atoms with Gasteiger partial charge in [0.05, 0.1) is 5.57 Å². The summed E-state index contributed by atoms with van der Waals surface area (Å²) in [5.74, 6) is 0.632. The molecule has 0 atom stereocenters. The van der Waals surface area contributed by atoms with E-state index in [9.17, 15) is 0 Å². The summed E-state index contributed by atoms with van der Waals surface area (Å²) in [6, 6.07) is 14.9. The summed E-state index contributed by atoms with van der Waals surface area (Å²) in [4.78, 5) is 0.0520. The Hall–Kier alpha value is -1.87. The van der Waals surface area contributed by atoms with Crippen LogP contribution in [0.5, 0.6) is 5.75 Å². The van der Waals surface area contributed by atoms with Crippen LogP contribution in [0.25, 0.3) is 6.08 Å². The van der Waals surface area contributed by atoms with E-state index in [1.54, 1.807) is 6.08 Å². The summed E-state index contributed by atoms with van der Waals surface area (Å²) in [6.45, 7) is 0.384. The number of nitrogens with zero attached hydrogens (tertiary/aromatic N) is 1. The van der Waals surface area contributed by atoms with Crippen molar-refractivity contribution in [2.75, 3.05) is 0 Å². The molecule has 0 fully saturated rings. The third kappa shape index (κ3) is 5.07. The van der Waals surface area contributed by atoms with Crippen molar-refractivity contribution in [2.24, 2.45) is 5.73 Å². The molecule has 0 aliphatic rings. The fourth-order valence-electron chi connectivity index (χ4n) is 1.82. The molecule has 0 saturated carbocycles. The lowest BCUT2D eigenvalue weighted by molar-refractivity contribution is 0.305. The molecule has 3 nitrogen and oxygen atoms in total. The van der Waals surface area contributed by atoms with Crippen molar-refractivity contribution in [2.45, 2.75) is 6.61 Å². The second-order valence-corrected chi connectivity index (χ2v) is 6.42. The first-order chi connectivity index (χ1) is 11.0. The van der Waals surface area contributed by atoms with Gasteiger partial charge >= 0.3 is 0 Å². The Kier molecular flexibility index (Phi) is 6.17. The van der Waals surface area contributed by atoms with Gasteiger partial charge in [0, 0.05) is 15.1 Å². The van der Waals surface area contributed by atoms with Crippen LogP contribution in [0.4, 0.5) is 0 Å². The molecule has 2 rings (SSSR count). The van der Waals surface area contributed by atoms with E-state index in [-0.39, 0.29) is 10.6 Å². The molecule has 2 N–H and O–H groups in total. The molecule has 0 spiro atoms. The van der Waals surface area contributed by atoms with Crippen molar-refractivity contribution in [1.82, 2.24) is 0 Å². The molecule has 2 aromatic rings. The van der Waals surface area contributed by atoms with Crippen molar-refractivity contribution in [3.05, 3.63) is 68.7 Å². The average Bonchev–Trinajstić information content (AvgIpc) is 2.53. The molecule has 0 amide bonds. The number of nitrogens with two attached hydrogens (primary N) is 1. The molecule has 116 valence electrons. The maximum atomic E-state index is 9.10. The van der Waals surface area contributed by atoms with Gasteiger partial charge in [-0.3, -0.25) is 0 Å². The minimum atomic E-state index is 0.0520. The highest BCUT2D eigenvalue weighted by Crippen LogP contribution is 2.26. The van der Waals surface area contributed by atoms with Gasteiger partial charge in [-0.05, 0) is 42.0 Å². The molecular formula is C17H12BrClN2OS. The number of rotatable bonds is 5. The van der Waals surface area contributed by atoms with Crippen LogP contribution in [0.1, 0.15) is 11.1 Å².